The highest BCUT2D eigenvalue weighted by Gasteiger charge is 2.17. The highest BCUT2D eigenvalue weighted by Crippen LogP contribution is 2.34. The number of nitrogens with one attached hydrogen (secondary N) is 1. The number of carbonyl (C=O) groups excluding carboxylic acids is 1. The number of carbonyl (C=O) groups is 1. The van der Waals surface area contributed by atoms with E-state index in [9.17, 15) is 4.79 Å². The second kappa shape index (κ2) is 11.0. The van der Waals surface area contributed by atoms with Gasteiger partial charge in [-0.3, -0.25) is 4.79 Å². The van der Waals surface area contributed by atoms with Crippen molar-refractivity contribution < 1.29 is 9.53 Å². The van der Waals surface area contributed by atoms with Gasteiger partial charge in [0, 0.05) is 23.7 Å². The summed E-state index contributed by atoms with van der Waals surface area (Å²) in [6.45, 7) is 9.95. The molecule has 158 valence electrons. The predicted molar refractivity (Wildman–Crippen MR) is 122 cm³/mol. The molecule has 0 saturated heterocycles. The van der Waals surface area contributed by atoms with E-state index in [4.69, 9.17) is 4.74 Å². The van der Waals surface area contributed by atoms with E-state index >= 15 is 0 Å². The van der Waals surface area contributed by atoms with Crippen molar-refractivity contribution in [3.05, 3.63) is 53.6 Å². The van der Waals surface area contributed by atoms with E-state index in [1.807, 2.05) is 45.3 Å². The molecule has 0 saturated carbocycles. The van der Waals surface area contributed by atoms with E-state index < -0.39 is 0 Å². The molecule has 0 heterocycles. The second-order valence-corrected chi connectivity index (χ2v) is 8.22. The Hall–Kier alpha value is -2.33. The highest BCUT2D eigenvalue weighted by molar-refractivity contribution is 5.96. The minimum absolute atomic E-state index is 0.0241. The molecule has 1 amide bonds. The molecule has 0 spiro atoms. The number of hydrogen-bond donors (Lipinski definition) is 1. The highest BCUT2D eigenvalue weighted by atomic mass is 16.5. The van der Waals surface area contributed by atoms with Crippen LogP contribution in [0, 0.1) is 5.92 Å². The van der Waals surface area contributed by atoms with Gasteiger partial charge in [-0.2, -0.15) is 0 Å². The smallest absolute Gasteiger partial charge is 0.251 e. The van der Waals surface area contributed by atoms with Gasteiger partial charge in [-0.25, -0.2) is 0 Å². The van der Waals surface area contributed by atoms with E-state index in [-0.39, 0.29) is 11.9 Å². The van der Waals surface area contributed by atoms with Crippen LogP contribution in [0.4, 0.5) is 0 Å². The Labute approximate surface area is 176 Å². The molecule has 2 rings (SSSR count). The van der Waals surface area contributed by atoms with E-state index in [2.05, 4.69) is 49.2 Å². The molecular formula is C25H36N2O2. The van der Waals surface area contributed by atoms with Crippen LogP contribution in [0.2, 0.25) is 0 Å². The number of hydrogen-bond acceptors (Lipinski definition) is 3. The first-order chi connectivity index (χ1) is 13.8. The maximum Gasteiger partial charge on any atom is 0.251 e. The molecule has 1 atom stereocenters. The summed E-state index contributed by atoms with van der Waals surface area (Å²) >= 11 is 0. The van der Waals surface area contributed by atoms with Crippen molar-refractivity contribution in [2.45, 2.75) is 46.6 Å². The first-order valence-corrected chi connectivity index (χ1v) is 10.7. The van der Waals surface area contributed by atoms with Crippen LogP contribution in [0.25, 0.3) is 11.1 Å². The lowest BCUT2D eigenvalue weighted by Crippen LogP contribution is -2.42. The molecule has 29 heavy (non-hydrogen) atoms. The number of amides is 1. The summed E-state index contributed by atoms with van der Waals surface area (Å²) in [5.74, 6) is 1.42. The van der Waals surface area contributed by atoms with E-state index in [1.165, 1.54) is 5.56 Å². The van der Waals surface area contributed by atoms with Crippen LogP contribution < -0.4 is 10.1 Å². The third-order valence-corrected chi connectivity index (χ3v) is 4.88. The molecule has 4 nitrogen and oxygen atoms in total. The zero-order valence-electron chi connectivity index (χ0n) is 18.8. The van der Waals surface area contributed by atoms with Crippen LogP contribution in [0.1, 0.15) is 50.0 Å². The maximum atomic E-state index is 13.0. The van der Waals surface area contributed by atoms with Gasteiger partial charge in [0.2, 0.25) is 0 Å². The Morgan fingerprint density at radius 2 is 1.83 bits per heavy atom. The monoisotopic (exact) mass is 396 g/mol. The van der Waals surface area contributed by atoms with Crippen LogP contribution in [0.3, 0.4) is 0 Å². The number of likely N-dealkylation sites (N-methyl/N-ethyl adjacent to an activating group) is 1. The fourth-order valence-electron chi connectivity index (χ4n) is 3.69. The Kier molecular flexibility index (Phi) is 8.71. The van der Waals surface area contributed by atoms with Crippen LogP contribution in [-0.2, 0) is 6.42 Å². The summed E-state index contributed by atoms with van der Waals surface area (Å²) in [6, 6.07) is 14.2. The summed E-state index contributed by atoms with van der Waals surface area (Å²) in [5.41, 5.74) is 3.90. The van der Waals surface area contributed by atoms with Crippen molar-refractivity contribution in [2.75, 3.05) is 27.2 Å². The Morgan fingerprint density at radius 1 is 1.10 bits per heavy atom. The molecule has 0 fully saturated rings. The summed E-state index contributed by atoms with van der Waals surface area (Å²) in [5, 5.41) is 3.23. The first-order valence-electron chi connectivity index (χ1n) is 10.7. The quantitative estimate of drug-likeness (QED) is 0.613. The SMILES string of the molecule is CCOc1c(CC)cccc1-c1cccc(C(=O)N[C@H](CC(C)C)CN(C)C)c1. The Morgan fingerprint density at radius 3 is 2.45 bits per heavy atom. The fourth-order valence-corrected chi connectivity index (χ4v) is 3.69. The molecule has 2 aromatic carbocycles. The van der Waals surface area contributed by atoms with Crippen LogP contribution in [-0.4, -0.2) is 44.1 Å². The number of aryl methyl sites for hydroxylation is 1. The van der Waals surface area contributed by atoms with Crippen molar-refractivity contribution in [3.8, 4) is 16.9 Å². The van der Waals surface area contributed by atoms with E-state index in [0.29, 0.717) is 18.1 Å². The van der Waals surface area contributed by atoms with Gasteiger partial charge in [-0.1, -0.05) is 51.1 Å². The van der Waals surface area contributed by atoms with Crippen molar-refractivity contribution in [1.82, 2.24) is 10.2 Å². The molecule has 0 unspecified atom stereocenters. The molecule has 0 bridgehead atoms. The molecule has 1 N–H and O–H groups in total. The third kappa shape index (κ3) is 6.60. The lowest BCUT2D eigenvalue weighted by molar-refractivity contribution is 0.0924. The van der Waals surface area contributed by atoms with Crippen molar-refractivity contribution in [3.63, 3.8) is 0 Å². The van der Waals surface area contributed by atoms with Crippen molar-refractivity contribution >= 4 is 5.91 Å². The second-order valence-electron chi connectivity index (χ2n) is 8.22. The largest absolute Gasteiger partial charge is 0.493 e. The lowest BCUT2D eigenvalue weighted by atomic mass is 9.98. The van der Waals surface area contributed by atoms with Gasteiger partial charge in [0.25, 0.3) is 5.91 Å². The number of para-hydroxylation sites is 1. The van der Waals surface area contributed by atoms with Crippen molar-refractivity contribution in [2.24, 2.45) is 5.92 Å². The standard InChI is InChI=1S/C25H36N2O2/c1-7-19-11-10-14-23(24(19)29-8-2)20-12-9-13-21(16-20)25(28)26-22(15-18(3)4)17-27(5)6/h9-14,16,18,22H,7-8,15,17H2,1-6H3,(H,26,28)/t22-/m1/s1. The van der Waals surface area contributed by atoms with Gasteiger partial charge in [-0.05, 0) is 63.0 Å². The van der Waals surface area contributed by atoms with Gasteiger partial charge in [0.15, 0.2) is 0 Å². The Bertz CT molecular complexity index is 789. The first kappa shape index (κ1) is 23.0. The molecule has 4 heteroatoms. The minimum Gasteiger partial charge on any atom is -0.493 e. The summed E-state index contributed by atoms with van der Waals surface area (Å²) < 4.78 is 5.96. The molecule has 0 aliphatic rings. The number of nitrogens with zero attached hydrogens (tertiary/aromatic N) is 1. The van der Waals surface area contributed by atoms with Gasteiger partial charge >= 0.3 is 0 Å². The minimum atomic E-state index is -0.0241. The number of benzene rings is 2. The topological polar surface area (TPSA) is 41.6 Å². The van der Waals surface area contributed by atoms with Gasteiger partial charge in [-0.15, -0.1) is 0 Å². The zero-order valence-corrected chi connectivity index (χ0v) is 18.8. The molecule has 2 aromatic rings. The predicted octanol–water partition coefficient (Wildman–Crippen LogP) is 5.02. The molecule has 0 radical (unpaired) electrons. The molecular weight excluding hydrogens is 360 g/mol. The fraction of sp³-hybridized carbons (Fsp3) is 0.480. The molecule has 0 aromatic heterocycles. The molecule has 0 aliphatic carbocycles. The maximum absolute atomic E-state index is 13.0. The number of ether oxygens (including phenoxy) is 1. The number of rotatable bonds is 10. The third-order valence-electron chi connectivity index (χ3n) is 4.88. The van der Waals surface area contributed by atoms with Crippen LogP contribution in [0.5, 0.6) is 5.75 Å². The van der Waals surface area contributed by atoms with Gasteiger partial charge < -0.3 is 15.0 Å². The summed E-state index contributed by atoms with van der Waals surface area (Å²) in [7, 11) is 4.08. The Balaban J connectivity index is 2.30. The van der Waals surface area contributed by atoms with Crippen molar-refractivity contribution in [1.29, 1.82) is 0 Å². The molecule has 0 aliphatic heterocycles. The van der Waals surface area contributed by atoms with E-state index in [1.54, 1.807) is 0 Å². The normalized spacial score (nSPS) is 12.3. The van der Waals surface area contributed by atoms with E-state index in [0.717, 1.165) is 36.3 Å². The van der Waals surface area contributed by atoms with Crippen LogP contribution >= 0.6 is 0 Å². The zero-order chi connectivity index (χ0) is 21.4. The summed E-state index contributed by atoms with van der Waals surface area (Å²) in [6.07, 6.45) is 1.86. The average Bonchev–Trinajstić information content (AvgIpc) is 2.67. The van der Waals surface area contributed by atoms with Gasteiger partial charge in [0.05, 0.1) is 6.61 Å². The van der Waals surface area contributed by atoms with Crippen LogP contribution in [0.15, 0.2) is 42.5 Å². The summed E-state index contributed by atoms with van der Waals surface area (Å²) in [4.78, 5) is 15.1. The lowest BCUT2D eigenvalue weighted by Gasteiger charge is -2.24. The van der Waals surface area contributed by atoms with Gasteiger partial charge in [0.1, 0.15) is 5.75 Å². The average molecular weight is 397 g/mol.